The van der Waals surface area contributed by atoms with Crippen LogP contribution >= 0.6 is 0 Å². The van der Waals surface area contributed by atoms with E-state index in [1.165, 1.54) is 6.92 Å². The fourth-order valence-electron chi connectivity index (χ4n) is 2.53. The zero-order chi connectivity index (χ0) is 19.6. The summed E-state index contributed by atoms with van der Waals surface area (Å²) in [7, 11) is 4.94. The molecule has 0 atom stereocenters. The second-order valence-electron chi connectivity index (χ2n) is 5.85. The lowest BCUT2D eigenvalue weighted by atomic mass is 10.2. The molecule has 2 aromatic carbocycles. The minimum Gasteiger partial charge on any atom is -0.497 e. The van der Waals surface area contributed by atoms with Gasteiger partial charge in [-0.3, -0.25) is 9.79 Å². The molecule has 2 rings (SSSR count). The first-order chi connectivity index (χ1) is 13.0. The number of benzene rings is 2. The second kappa shape index (κ2) is 10.1. The smallest absolute Gasteiger partial charge is 0.221 e. The van der Waals surface area contributed by atoms with E-state index in [0.29, 0.717) is 30.5 Å². The number of nitrogens with one attached hydrogen (secondary N) is 3. The summed E-state index contributed by atoms with van der Waals surface area (Å²) >= 11 is 0. The lowest BCUT2D eigenvalue weighted by Gasteiger charge is -2.14. The Morgan fingerprint density at radius 1 is 1.00 bits per heavy atom. The summed E-state index contributed by atoms with van der Waals surface area (Å²) in [5, 5.41) is 9.30. The van der Waals surface area contributed by atoms with Crippen LogP contribution < -0.4 is 25.4 Å². The van der Waals surface area contributed by atoms with Gasteiger partial charge in [0, 0.05) is 27.1 Å². The maximum Gasteiger partial charge on any atom is 0.221 e. The van der Waals surface area contributed by atoms with Gasteiger partial charge in [0.2, 0.25) is 5.91 Å². The van der Waals surface area contributed by atoms with Crippen molar-refractivity contribution in [3.05, 3.63) is 53.6 Å². The van der Waals surface area contributed by atoms with Crippen molar-refractivity contribution in [2.24, 2.45) is 4.99 Å². The number of aliphatic imine (C=N–C) groups is 1. The Morgan fingerprint density at radius 2 is 1.70 bits per heavy atom. The molecule has 0 heterocycles. The van der Waals surface area contributed by atoms with Gasteiger partial charge in [-0.05, 0) is 35.4 Å². The van der Waals surface area contributed by atoms with E-state index in [2.05, 4.69) is 20.9 Å². The van der Waals surface area contributed by atoms with Crippen molar-refractivity contribution < 1.29 is 14.3 Å². The SMILES string of the molecule is CN=C(NCc1cccc(OC)c1)NCc1ccc(OC)c(NC(C)=O)c1. The van der Waals surface area contributed by atoms with Crippen molar-refractivity contribution in [3.8, 4) is 11.5 Å². The molecule has 0 bridgehead atoms. The summed E-state index contributed by atoms with van der Waals surface area (Å²) in [5.41, 5.74) is 2.72. The number of carbonyl (C=O) groups is 1. The number of anilines is 1. The van der Waals surface area contributed by atoms with Gasteiger partial charge < -0.3 is 25.4 Å². The Labute approximate surface area is 159 Å². The van der Waals surface area contributed by atoms with Crippen LogP contribution in [0.25, 0.3) is 0 Å². The van der Waals surface area contributed by atoms with Gasteiger partial charge in [0.25, 0.3) is 0 Å². The summed E-state index contributed by atoms with van der Waals surface area (Å²) < 4.78 is 10.5. The molecule has 7 heteroatoms. The third kappa shape index (κ3) is 6.22. The molecule has 27 heavy (non-hydrogen) atoms. The molecule has 1 amide bonds. The van der Waals surface area contributed by atoms with Gasteiger partial charge in [-0.2, -0.15) is 0 Å². The molecule has 0 spiro atoms. The number of nitrogens with zero attached hydrogens (tertiary/aromatic N) is 1. The monoisotopic (exact) mass is 370 g/mol. The highest BCUT2D eigenvalue weighted by Gasteiger charge is 2.07. The molecule has 0 fully saturated rings. The van der Waals surface area contributed by atoms with Crippen LogP contribution in [0.1, 0.15) is 18.1 Å². The lowest BCUT2D eigenvalue weighted by Crippen LogP contribution is -2.36. The average Bonchev–Trinajstić information content (AvgIpc) is 2.68. The summed E-state index contributed by atoms with van der Waals surface area (Å²) in [6.45, 7) is 2.64. The Hall–Kier alpha value is -3.22. The van der Waals surface area contributed by atoms with Crippen LogP contribution in [0, 0.1) is 0 Å². The lowest BCUT2D eigenvalue weighted by molar-refractivity contribution is -0.114. The van der Waals surface area contributed by atoms with Crippen molar-refractivity contribution in [3.63, 3.8) is 0 Å². The van der Waals surface area contributed by atoms with Gasteiger partial charge >= 0.3 is 0 Å². The van der Waals surface area contributed by atoms with E-state index in [-0.39, 0.29) is 5.91 Å². The largest absolute Gasteiger partial charge is 0.497 e. The highest BCUT2D eigenvalue weighted by Crippen LogP contribution is 2.25. The average molecular weight is 370 g/mol. The van der Waals surface area contributed by atoms with Crippen molar-refractivity contribution >= 4 is 17.6 Å². The number of rotatable bonds is 7. The van der Waals surface area contributed by atoms with Crippen LogP contribution in [0.3, 0.4) is 0 Å². The summed E-state index contributed by atoms with van der Waals surface area (Å²) in [5.74, 6) is 1.97. The fourth-order valence-corrected chi connectivity index (χ4v) is 2.53. The first-order valence-corrected chi connectivity index (χ1v) is 8.57. The molecule has 0 unspecified atom stereocenters. The quantitative estimate of drug-likeness (QED) is 0.515. The van der Waals surface area contributed by atoms with E-state index in [0.717, 1.165) is 16.9 Å². The molecule has 0 saturated heterocycles. The van der Waals surface area contributed by atoms with Gasteiger partial charge in [-0.15, -0.1) is 0 Å². The first kappa shape index (κ1) is 20.1. The Balaban J connectivity index is 1.96. The first-order valence-electron chi connectivity index (χ1n) is 8.57. The maximum atomic E-state index is 11.4. The molecule has 0 aromatic heterocycles. The van der Waals surface area contributed by atoms with Gasteiger partial charge in [0.05, 0.1) is 19.9 Å². The second-order valence-corrected chi connectivity index (χ2v) is 5.85. The van der Waals surface area contributed by atoms with Crippen molar-refractivity contribution in [1.82, 2.24) is 10.6 Å². The van der Waals surface area contributed by atoms with Crippen LogP contribution in [0.5, 0.6) is 11.5 Å². The minimum absolute atomic E-state index is 0.144. The maximum absolute atomic E-state index is 11.4. The Morgan fingerprint density at radius 3 is 2.30 bits per heavy atom. The normalized spacial score (nSPS) is 10.9. The van der Waals surface area contributed by atoms with E-state index in [4.69, 9.17) is 9.47 Å². The van der Waals surface area contributed by atoms with Crippen LogP contribution in [0.4, 0.5) is 5.69 Å². The van der Waals surface area contributed by atoms with Crippen molar-refractivity contribution in [1.29, 1.82) is 0 Å². The number of amides is 1. The molecule has 0 saturated carbocycles. The van der Waals surface area contributed by atoms with E-state index in [9.17, 15) is 4.79 Å². The zero-order valence-corrected chi connectivity index (χ0v) is 16.1. The van der Waals surface area contributed by atoms with Gasteiger partial charge in [0.1, 0.15) is 11.5 Å². The number of carbonyl (C=O) groups excluding carboxylic acids is 1. The number of guanidine groups is 1. The molecule has 3 N–H and O–H groups in total. The Kier molecular flexibility index (Phi) is 7.49. The van der Waals surface area contributed by atoms with E-state index in [1.807, 2.05) is 42.5 Å². The molecule has 144 valence electrons. The summed E-state index contributed by atoms with van der Waals surface area (Å²) in [6, 6.07) is 13.5. The van der Waals surface area contributed by atoms with Gasteiger partial charge in [-0.1, -0.05) is 18.2 Å². The third-order valence-electron chi connectivity index (χ3n) is 3.85. The number of methoxy groups -OCH3 is 2. The van der Waals surface area contributed by atoms with Crippen LogP contribution in [0.15, 0.2) is 47.5 Å². The molecule has 0 aliphatic carbocycles. The van der Waals surface area contributed by atoms with E-state index >= 15 is 0 Å². The molecule has 0 aliphatic heterocycles. The summed E-state index contributed by atoms with van der Waals surface area (Å²) in [4.78, 5) is 15.6. The zero-order valence-electron chi connectivity index (χ0n) is 16.1. The van der Waals surface area contributed by atoms with Crippen molar-refractivity contribution in [2.45, 2.75) is 20.0 Å². The highest BCUT2D eigenvalue weighted by atomic mass is 16.5. The van der Waals surface area contributed by atoms with Gasteiger partial charge in [-0.25, -0.2) is 0 Å². The van der Waals surface area contributed by atoms with Crippen LogP contribution in [-0.4, -0.2) is 33.1 Å². The molecule has 2 aromatic rings. The molecular formula is C20H26N4O3. The predicted molar refractivity (Wildman–Crippen MR) is 107 cm³/mol. The highest BCUT2D eigenvalue weighted by molar-refractivity contribution is 5.90. The summed E-state index contributed by atoms with van der Waals surface area (Å²) in [6.07, 6.45) is 0. The predicted octanol–water partition coefficient (Wildman–Crippen LogP) is 2.53. The van der Waals surface area contributed by atoms with E-state index < -0.39 is 0 Å². The van der Waals surface area contributed by atoms with Crippen molar-refractivity contribution in [2.75, 3.05) is 26.6 Å². The molecule has 7 nitrogen and oxygen atoms in total. The topological polar surface area (TPSA) is 84.0 Å². The number of hydrogen-bond donors (Lipinski definition) is 3. The fraction of sp³-hybridized carbons (Fsp3) is 0.300. The molecule has 0 aliphatic rings. The third-order valence-corrected chi connectivity index (χ3v) is 3.85. The minimum atomic E-state index is -0.144. The Bertz CT molecular complexity index is 806. The number of hydrogen-bond acceptors (Lipinski definition) is 4. The van der Waals surface area contributed by atoms with Crippen LogP contribution in [0.2, 0.25) is 0 Å². The van der Waals surface area contributed by atoms with Crippen LogP contribution in [-0.2, 0) is 17.9 Å². The van der Waals surface area contributed by atoms with Gasteiger partial charge in [0.15, 0.2) is 5.96 Å². The molecule has 0 radical (unpaired) electrons. The van der Waals surface area contributed by atoms with E-state index in [1.54, 1.807) is 21.3 Å². The number of ether oxygens (including phenoxy) is 2. The molecular weight excluding hydrogens is 344 g/mol. The standard InChI is InChI=1S/C20H26N4O3/c1-14(25)24-18-11-16(8-9-19(18)27-4)13-23-20(21-2)22-12-15-6-5-7-17(10-15)26-3/h5-11H,12-13H2,1-4H3,(H,24,25)(H2,21,22,23).